The molecule has 1 aromatic heterocycles. The molecule has 4 heteroatoms. The zero-order valence-electron chi connectivity index (χ0n) is 9.66. The number of rotatable bonds is 4. The lowest BCUT2D eigenvalue weighted by atomic mass is 9.94. The van der Waals surface area contributed by atoms with Crippen LogP contribution < -0.4 is 5.32 Å². The van der Waals surface area contributed by atoms with E-state index in [1.165, 1.54) is 0 Å². The topological polar surface area (TPSA) is 54.6 Å². The standard InChI is InChI=1S/C12H19NO3/c1-10-2-5-16-11(10)8-13-9-12(14)3-6-15-7-4-12/h2,5,13-14H,3-4,6-9H2,1H3. The van der Waals surface area contributed by atoms with Gasteiger partial charge in [-0.3, -0.25) is 0 Å². The summed E-state index contributed by atoms with van der Waals surface area (Å²) < 4.78 is 10.5. The maximum Gasteiger partial charge on any atom is 0.120 e. The molecule has 0 amide bonds. The van der Waals surface area contributed by atoms with Crippen LogP contribution >= 0.6 is 0 Å². The fraction of sp³-hybridized carbons (Fsp3) is 0.667. The first-order chi connectivity index (χ1) is 7.70. The predicted octanol–water partition coefficient (Wildman–Crippen LogP) is 1.22. The second-order valence-electron chi connectivity index (χ2n) is 4.47. The van der Waals surface area contributed by atoms with E-state index in [4.69, 9.17) is 9.15 Å². The average molecular weight is 225 g/mol. The van der Waals surface area contributed by atoms with E-state index in [0.29, 0.717) is 39.1 Å². The lowest BCUT2D eigenvalue weighted by Gasteiger charge is -2.32. The molecule has 0 radical (unpaired) electrons. The highest BCUT2D eigenvalue weighted by atomic mass is 16.5. The first-order valence-electron chi connectivity index (χ1n) is 5.73. The molecule has 0 spiro atoms. The summed E-state index contributed by atoms with van der Waals surface area (Å²) >= 11 is 0. The molecule has 0 saturated carbocycles. The summed E-state index contributed by atoms with van der Waals surface area (Å²) in [5.74, 6) is 0.940. The molecule has 0 aliphatic carbocycles. The maximum absolute atomic E-state index is 10.2. The van der Waals surface area contributed by atoms with Crippen LogP contribution in [0.2, 0.25) is 0 Å². The summed E-state index contributed by atoms with van der Waals surface area (Å²) in [5.41, 5.74) is 0.533. The Bertz CT molecular complexity index is 329. The van der Waals surface area contributed by atoms with Gasteiger partial charge in [-0.2, -0.15) is 0 Å². The maximum atomic E-state index is 10.2. The highest BCUT2D eigenvalue weighted by Crippen LogP contribution is 2.19. The number of ether oxygens (including phenoxy) is 1. The van der Waals surface area contributed by atoms with Gasteiger partial charge in [-0.15, -0.1) is 0 Å². The summed E-state index contributed by atoms with van der Waals surface area (Å²) in [5, 5.41) is 13.4. The highest BCUT2D eigenvalue weighted by molar-refractivity contribution is 5.14. The van der Waals surface area contributed by atoms with E-state index in [1.54, 1.807) is 6.26 Å². The van der Waals surface area contributed by atoms with E-state index < -0.39 is 5.60 Å². The summed E-state index contributed by atoms with van der Waals surface area (Å²) in [7, 11) is 0. The number of hydrogen-bond donors (Lipinski definition) is 2. The Balaban J connectivity index is 1.77. The van der Waals surface area contributed by atoms with Crippen molar-refractivity contribution in [2.45, 2.75) is 31.9 Å². The molecular formula is C12H19NO3. The van der Waals surface area contributed by atoms with E-state index in [0.717, 1.165) is 11.3 Å². The van der Waals surface area contributed by atoms with Crippen molar-refractivity contribution >= 4 is 0 Å². The van der Waals surface area contributed by atoms with Crippen molar-refractivity contribution in [1.82, 2.24) is 5.32 Å². The second-order valence-corrected chi connectivity index (χ2v) is 4.47. The van der Waals surface area contributed by atoms with Gasteiger partial charge in [0.15, 0.2) is 0 Å². The Kier molecular flexibility index (Phi) is 3.63. The molecule has 0 aromatic carbocycles. The van der Waals surface area contributed by atoms with E-state index in [-0.39, 0.29) is 0 Å². The quantitative estimate of drug-likeness (QED) is 0.809. The number of aliphatic hydroxyl groups is 1. The minimum atomic E-state index is -0.612. The monoisotopic (exact) mass is 225 g/mol. The molecule has 4 nitrogen and oxygen atoms in total. The normalized spacial score (nSPS) is 19.9. The van der Waals surface area contributed by atoms with E-state index in [1.807, 2.05) is 13.0 Å². The molecule has 16 heavy (non-hydrogen) atoms. The van der Waals surface area contributed by atoms with Crippen LogP contribution in [0.15, 0.2) is 16.7 Å². The van der Waals surface area contributed by atoms with Crippen molar-refractivity contribution in [2.75, 3.05) is 19.8 Å². The summed E-state index contributed by atoms with van der Waals surface area (Å²) in [6, 6.07) is 1.94. The highest BCUT2D eigenvalue weighted by Gasteiger charge is 2.29. The lowest BCUT2D eigenvalue weighted by Crippen LogP contribution is -2.44. The Morgan fingerprint density at radius 2 is 2.19 bits per heavy atom. The van der Waals surface area contributed by atoms with E-state index in [9.17, 15) is 5.11 Å². The molecule has 1 aromatic rings. The van der Waals surface area contributed by atoms with E-state index >= 15 is 0 Å². The molecule has 2 N–H and O–H groups in total. The molecule has 90 valence electrons. The Labute approximate surface area is 95.6 Å². The van der Waals surface area contributed by atoms with Crippen LogP contribution in [0.1, 0.15) is 24.2 Å². The van der Waals surface area contributed by atoms with Gasteiger partial charge in [-0.25, -0.2) is 0 Å². The minimum Gasteiger partial charge on any atom is -0.468 e. The summed E-state index contributed by atoms with van der Waals surface area (Å²) in [6.45, 7) is 4.58. The van der Waals surface area contributed by atoms with Crippen LogP contribution in [0.25, 0.3) is 0 Å². The Morgan fingerprint density at radius 3 is 2.81 bits per heavy atom. The number of aryl methyl sites for hydroxylation is 1. The molecule has 1 aliphatic heterocycles. The van der Waals surface area contributed by atoms with Gasteiger partial charge < -0.3 is 19.6 Å². The fourth-order valence-corrected chi connectivity index (χ4v) is 1.92. The van der Waals surface area contributed by atoms with Crippen LogP contribution in [0.4, 0.5) is 0 Å². The number of hydrogen-bond acceptors (Lipinski definition) is 4. The van der Waals surface area contributed by atoms with Crippen molar-refractivity contribution in [2.24, 2.45) is 0 Å². The lowest BCUT2D eigenvalue weighted by molar-refractivity contribution is -0.0618. The molecule has 2 rings (SSSR count). The largest absolute Gasteiger partial charge is 0.468 e. The zero-order chi connectivity index (χ0) is 11.4. The fourth-order valence-electron chi connectivity index (χ4n) is 1.92. The number of nitrogens with one attached hydrogen (secondary N) is 1. The molecule has 0 unspecified atom stereocenters. The van der Waals surface area contributed by atoms with Crippen LogP contribution in [0.5, 0.6) is 0 Å². The molecule has 1 fully saturated rings. The average Bonchev–Trinajstić information content (AvgIpc) is 2.65. The molecule has 0 atom stereocenters. The van der Waals surface area contributed by atoms with Gasteiger partial charge in [0, 0.05) is 32.6 Å². The summed E-state index contributed by atoms with van der Waals surface area (Å²) in [4.78, 5) is 0. The smallest absolute Gasteiger partial charge is 0.120 e. The first kappa shape index (κ1) is 11.6. The van der Waals surface area contributed by atoms with Crippen molar-refractivity contribution < 1.29 is 14.3 Å². The first-order valence-corrected chi connectivity index (χ1v) is 5.73. The van der Waals surface area contributed by atoms with Crippen LogP contribution in [-0.2, 0) is 11.3 Å². The molecule has 0 bridgehead atoms. The second kappa shape index (κ2) is 4.99. The van der Waals surface area contributed by atoms with Gasteiger partial charge in [-0.1, -0.05) is 0 Å². The molecular weight excluding hydrogens is 206 g/mol. The van der Waals surface area contributed by atoms with Gasteiger partial charge >= 0.3 is 0 Å². The minimum absolute atomic E-state index is 0.594. The molecule has 1 aliphatic rings. The third-order valence-electron chi connectivity index (χ3n) is 3.13. The van der Waals surface area contributed by atoms with Crippen molar-refractivity contribution in [1.29, 1.82) is 0 Å². The third kappa shape index (κ3) is 2.84. The van der Waals surface area contributed by atoms with Crippen molar-refractivity contribution in [3.8, 4) is 0 Å². The van der Waals surface area contributed by atoms with Gasteiger partial charge in [0.05, 0.1) is 18.4 Å². The van der Waals surface area contributed by atoms with Gasteiger partial charge in [-0.05, 0) is 18.6 Å². The van der Waals surface area contributed by atoms with Gasteiger partial charge in [0.25, 0.3) is 0 Å². The summed E-state index contributed by atoms with van der Waals surface area (Å²) in [6.07, 6.45) is 3.10. The van der Waals surface area contributed by atoms with Crippen LogP contribution in [0.3, 0.4) is 0 Å². The predicted molar refractivity (Wildman–Crippen MR) is 60.2 cm³/mol. The number of furan rings is 1. The van der Waals surface area contributed by atoms with Gasteiger partial charge in [0.2, 0.25) is 0 Å². The van der Waals surface area contributed by atoms with Crippen LogP contribution in [-0.4, -0.2) is 30.5 Å². The Hall–Kier alpha value is -0.840. The molecule has 2 heterocycles. The van der Waals surface area contributed by atoms with E-state index in [2.05, 4.69) is 5.32 Å². The third-order valence-corrected chi connectivity index (χ3v) is 3.13. The van der Waals surface area contributed by atoms with Gasteiger partial charge in [0.1, 0.15) is 5.76 Å². The Morgan fingerprint density at radius 1 is 1.44 bits per heavy atom. The zero-order valence-corrected chi connectivity index (χ0v) is 9.66. The molecule has 1 saturated heterocycles. The van der Waals surface area contributed by atoms with Crippen molar-refractivity contribution in [3.63, 3.8) is 0 Å². The SMILES string of the molecule is Cc1ccoc1CNCC1(O)CCOCC1. The van der Waals surface area contributed by atoms with Crippen LogP contribution in [0, 0.1) is 6.92 Å². The van der Waals surface area contributed by atoms with Crippen molar-refractivity contribution in [3.05, 3.63) is 23.7 Å².